The van der Waals surface area contributed by atoms with Crippen molar-refractivity contribution in [2.45, 2.75) is 39.4 Å². The molecule has 3 aromatic heterocycles. The van der Waals surface area contributed by atoms with Crippen molar-refractivity contribution < 1.29 is 9.59 Å². The standard InChI is InChI=1S/C25H28N6O2S/c1-18(2)11-13-27-25(33)24(19-7-5-12-26-15-19)30(16-20-8-6-14-34-20)23(32)17-31-22-10-4-3-9-21(22)28-29-31/h3-10,12,14-15,18,24H,11,13,16-17H2,1-2H3,(H,27,33). The molecule has 34 heavy (non-hydrogen) atoms. The molecule has 1 N–H and O–H groups in total. The zero-order valence-electron chi connectivity index (χ0n) is 19.3. The zero-order valence-corrected chi connectivity index (χ0v) is 20.1. The highest BCUT2D eigenvalue weighted by Crippen LogP contribution is 2.25. The number of amides is 2. The van der Waals surface area contributed by atoms with E-state index in [4.69, 9.17) is 0 Å². The second-order valence-electron chi connectivity index (χ2n) is 8.50. The Morgan fingerprint density at radius 1 is 1.12 bits per heavy atom. The maximum absolute atomic E-state index is 13.7. The second kappa shape index (κ2) is 11.0. The fraction of sp³-hybridized carbons (Fsp3) is 0.320. The lowest BCUT2D eigenvalue weighted by Gasteiger charge is -2.31. The third kappa shape index (κ3) is 5.66. The first-order chi connectivity index (χ1) is 16.5. The van der Waals surface area contributed by atoms with Crippen molar-refractivity contribution in [1.82, 2.24) is 30.2 Å². The van der Waals surface area contributed by atoms with E-state index in [-0.39, 0.29) is 18.4 Å². The number of rotatable bonds is 10. The minimum Gasteiger partial charge on any atom is -0.354 e. The van der Waals surface area contributed by atoms with E-state index >= 15 is 0 Å². The summed E-state index contributed by atoms with van der Waals surface area (Å²) in [4.78, 5) is 34.0. The highest BCUT2D eigenvalue weighted by molar-refractivity contribution is 7.09. The molecule has 0 radical (unpaired) electrons. The molecule has 0 aliphatic rings. The predicted octanol–water partition coefficient (Wildman–Crippen LogP) is 3.82. The molecular weight excluding hydrogens is 448 g/mol. The Morgan fingerprint density at radius 3 is 2.71 bits per heavy atom. The van der Waals surface area contributed by atoms with Gasteiger partial charge in [-0.1, -0.05) is 43.3 Å². The van der Waals surface area contributed by atoms with Crippen molar-refractivity contribution in [3.05, 3.63) is 76.7 Å². The van der Waals surface area contributed by atoms with E-state index in [1.165, 1.54) is 0 Å². The molecule has 0 saturated carbocycles. The van der Waals surface area contributed by atoms with Crippen molar-refractivity contribution in [3.63, 3.8) is 0 Å². The maximum atomic E-state index is 13.7. The van der Waals surface area contributed by atoms with Gasteiger partial charge in [0.1, 0.15) is 18.1 Å². The van der Waals surface area contributed by atoms with Crippen molar-refractivity contribution >= 4 is 34.2 Å². The summed E-state index contributed by atoms with van der Waals surface area (Å²) >= 11 is 1.55. The van der Waals surface area contributed by atoms with Gasteiger partial charge in [0, 0.05) is 29.4 Å². The van der Waals surface area contributed by atoms with E-state index in [0.717, 1.165) is 22.3 Å². The van der Waals surface area contributed by atoms with Crippen molar-refractivity contribution in [2.75, 3.05) is 6.54 Å². The summed E-state index contributed by atoms with van der Waals surface area (Å²) in [5, 5.41) is 13.3. The molecule has 2 amide bonds. The summed E-state index contributed by atoms with van der Waals surface area (Å²) in [6, 6.07) is 14.2. The number of carbonyl (C=O) groups excluding carboxylic acids is 2. The molecule has 4 aromatic rings. The van der Waals surface area contributed by atoms with Gasteiger partial charge >= 0.3 is 0 Å². The fourth-order valence-corrected chi connectivity index (χ4v) is 4.44. The van der Waals surface area contributed by atoms with Crippen LogP contribution in [-0.4, -0.2) is 43.2 Å². The van der Waals surface area contributed by atoms with Crippen LogP contribution >= 0.6 is 11.3 Å². The van der Waals surface area contributed by atoms with Crippen LogP contribution in [0.4, 0.5) is 0 Å². The highest BCUT2D eigenvalue weighted by atomic mass is 32.1. The van der Waals surface area contributed by atoms with E-state index in [1.807, 2.05) is 47.8 Å². The van der Waals surface area contributed by atoms with Crippen LogP contribution in [0, 0.1) is 5.92 Å². The third-order valence-corrected chi connectivity index (χ3v) is 6.37. The highest BCUT2D eigenvalue weighted by Gasteiger charge is 2.32. The molecule has 4 rings (SSSR count). The van der Waals surface area contributed by atoms with Gasteiger partial charge in [-0.2, -0.15) is 0 Å². The van der Waals surface area contributed by atoms with E-state index in [9.17, 15) is 9.59 Å². The lowest BCUT2D eigenvalue weighted by Crippen LogP contribution is -2.45. The van der Waals surface area contributed by atoms with E-state index in [0.29, 0.717) is 24.6 Å². The Bertz CT molecular complexity index is 1220. The molecule has 0 bridgehead atoms. The Hall–Kier alpha value is -3.59. The van der Waals surface area contributed by atoms with E-state index in [2.05, 4.69) is 34.5 Å². The van der Waals surface area contributed by atoms with Gasteiger partial charge in [-0.15, -0.1) is 16.4 Å². The van der Waals surface area contributed by atoms with Gasteiger partial charge in [0.15, 0.2) is 0 Å². The number of para-hydroxylation sites is 1. The largest absolute Gasteiger partial charge is 0.354 e. The second-order valence-corrected chi connectivity index (χ2v) is 9.53. The summed E-state index contributed by atoms with van der Waals surface area (Å²) in [5.41, 5.74) is 2.15. The normalized spacial score (nSPS) is 12.1. The lowest BCUT2D eigenvalue weighted by atomic mass is 10.1. The van der Waals surface area contributed by atoms with Crippen molar-refractivity contribution in [1.29, 1.82) is 0 Å². The number of carbonyl (C=O) groups is 2. The topological polar surface area (TPSA) is 93.0 Å². The Balaban J connectivity index is 1.66. The van der Waals surface area contributed by atoms with E-state index < -0.39 is 6.04 Å². The molecular formula is C25H28N6O2S. The summed E-state index contributed by atoms with van der Waals surface area (Å²) in [5.74, 6) is 0.0144. The van der Waals surface area contributed by atoms with Gasteiger partial charge < -0.3 is 10.2 Å². The lowest BCUT2D eigenvalue weighted by molar-refractivity contribution is -0.142. The number of benzene rings is 1. The molecule has 1 atom stereocenters. The first-order valence-corrected chi connectivity index (χ1v) is 12.2. The van der Waals surface area contributed by atoms with Crippen LogP contribution in [0.2, 0.25) is 0 Å². The van der Waals surface area contributed by atoms with Crippen LogP contribution in [0.15, 0.2) is 66.3 Å². The number of thiophene rings is 1. The smallest absolute Gasteiger partial charge is 0.247 e. The van der Waals surface area contributed by atoms with Gasteiger partial charge in [0.25, 0.3) is 0 Å². The van der Waals surface area contributed by atoms with Crippen LogP contribution < -0.4 is 5.32 Å². The quantitative estimate of drug-likeness (QED) is 0.376. The number of aromatic nitrogens is 4. The molecule has 1 unspecified atom stereocenters. The first kappa shape index (κ1) is 23.6. The monoisotopic (exact) mass is 476 g/mol. The van der Waals surface area contributed by atoms with Crippen molar-refractivity contribution in [2.24, 2.45) is 5.92 Å². The molecule has 1 aromatic carbocycles. The van der Waals surface area contributed by atoms with Gasteiger partial charge in [0.05, 0.1) is 12.1 Å². The number of nitrogens with zero attached hydrogens (tertiary/aromatic N) is 5. The summed E-state index contributed by atoms with van der Waals surface area (Å²) < 4.78 is 1.58. The number of hydrogen-bond donors (Lipinski definition) is 1. The minimum atomic E-state index is -0.815. The molecule has 0 saturated heterocycles. The molecule has 0 fully saturated rings. The maximum Gasteiger partial charge on any atom is 0.247 e. The SMILES string of the molecule is CC(C)CCNC(=O)C(c1cccnc1)N(Cc1cccs1)C(=O)Cn1nnc2ccccc21. The number of hydrogen-bond acceptors (Lipinski definition) is 6. The summed E-state index contributed by atoms with van der Waals surface area (Å²) in [6.45, 7) is 5.05. The van der Waals surface area contributed by atoms with Gasteiger partial charge in [-0.25, -0.2) is 4.68 Å². The summed E-state index contributed by atoms with van der Waals surface area (Å²) in [7, 11) is 0. The molecule has 9 heteroatoms. The Morgan fingerprint density at radius 2 is 1.97 bits per heavy atom. The van der Waals surface area contributed by atoms with Crippen LogP contribution in [0.1, 0.15) is 36.8 Å². The number of pyridine rings is 1. The number of nitrogens with one attached hydrogen (secondary N) is 1. The van der Waals surface area contributed by atoms with Crippen LogP contribution in [-0.2, 0) is 22.7 Å². The predicted molar refractivity (Wildman–Crippen MR) is 132 cm³/mol. The van der Waals surface area contributed by atoms with E-state index in [1.54, 1.807) is 39.4 Å². The van der Waals surface area contributed by atoms with Gasteiger partial charge in [0.2, 0.25) is 11.8 Å². The number of fused-ring (bicyclic) bond motifs is 1. The minimum absolute atomic E-state index is 0.0259. The Kier molecular flexibility index (Phi) is 7.64. The summed E-state index contributed by atoms with van der Waals surface area (Å²) in [6.07, 6.45) is 4.16. The molecule has 0 spiro atoms. The molecule has 3 heterocycles. The zero-order chi connectivity index (χ0) is 23.9. The molecule has 176 valence electrons. The third-order valence-electron chi connectivity index (χ3n) is 5.51. The van der Waals surface area contributed by atoms with Gasteiger partial charge in [-0.05, 0) is 42.0 Å². The van der Waals surface area contributed by atoms with Gasteiger partial charge in [-0.3, -0.25) is 14.6 Å². The average Bonchev–Trinajstić information content (AvgIpc) is 3.49. The van der Waals surface area contributed by atoms with Crippen LogP contribution in [0.5, 0.6) is 0 Å². The van der Waals surface area contributed by atoms with Crippen molar-refractivity contribution in [3.8, 4) is 0 Å². The molecule has 0 aliphatic heterocycles. The Labute approximate surface area is 202 Å². The fourth-order valence-electron chi connectivity index (χ4n) is 3.74. The first-order valence-electron chi connectivity index (χ1n) is 11.3. The average molecular weight is 477 g/mol. The van der Waals surface area contributed by atoms with Crippen LogP contribution in [0.3, 0.4) is 0 Å². The molecule has 8 nitrogen and oxygen atoms in total. The van der Waals surface area contributed by atoms with Crippen LogP contribution in [0.25, 0.3) is 11.0 Å². The molecule has 0 aliphatic carbocycles.